The highest BCUT2D eigenvalue weighted by Crippen LogP contribution is 2.57. The minimum atomic E-state index is 0.745. The molecule has 3 rings (SSSR count). The van der Waals surface area contributed by atoms with E-state index in [2.05, 4.69) is 0 Å². The van der Waals surface area contributed by atoms with Crippen molar-refractivity contribution in [2.45, 2.75) is 89.9 Å². The molecule has 0 aromatic heterocycles. The van der Waals surface area contributed by atoms with Crippen molar-refractivity contribution < 1.29 is 0 Å². The molecule has 0 amide bonds. The normalized spacial score (nSPS) is 31.8. The van der Waals surface area contributed by atoms with Crippen LogP contribution in [0.15, 0.2) is 0 Å². The van der Waals surface area contributed by atoms with E-state index >= 15 is 0 Å². The Morgan fingerprint density at radius 2 is 1.24 bits per heavy atom. The van der Waals surface area contributed by atoms with Gasteiger partial charge in [0.25, 0.3) is 0 Å². The summed E-state index contributed by atoms with van der Waals surface area (Å²) in [7, 11) is 0. The third-order valence-corrected chi connectivity index (χ3v) is 6.04. The van der Waals surface area contributed by atoms with Crippen LogP contribution in [0.25, 0.3) is 0 Å². The molecule has 0 spiro atoms. The summed E-state index contributed by atoms with van der Waals surface area (Å²) in [6, 6.07) is 0. The first kappa shape index (κ1) is 12.1. The van der Waals surface area contributed by atoms with Crippen LogP contribution in [0.2, 0.25) is 0 Å². The SMILES string of the molecule is C1CC[C](C2(C3CCCC3)CCCCC2)CC1. The van der Waals surface area contributed by atoms with E-state index in [9.17, 15) is 0 Å². The van der Waals surface area contributed by atoms with E-state index in [1.165, 1.54) is 64.2 Å². The van der Waals surface area contributed by atoms with Gasteiger partial charge in [-0.1, -0.05) is 51.4 Å². The third-order valence-electron chi connectivity index (χ3n) is 6.04. The quantitative estimate of drug-likeness (QED) is 0.577. The first-order chi connectivity index (χ1) is 8.42. The smallest absolute Gasteiger partial charge is 0.0176 e. The van der Waals surface area contributed by atoms with Gasteiger partial charge in [-0.15, -0.1) is 0 Å². The van der Waals surface area contributed by atoms with E-state index in [1.807, 2.05) is 5.92 Å². The maximum atomic E-state index is 2.04. The van der Waals surface area contributed by atoms with Crippen LogP contribution in [-0.4, -0.2) is 0 Å². The number of hydrogen-bond donors (Lipinski definition) is 0. The molecule has 3 aliphatic rings. The Kier molecular flexibility index (Phi) is 3.78. The van der Waals surface area contributed by atoms with Crippen LogP contribution in [0.3, 0.4) is 0 Å². The first-order valence-corrected chi connectivity index (χ1v) is 8.27. The molecule has 3 fully saturated rings. The zero-order chi connectivity index (χ0) is 11.6. The van der Waals surface area contributed by atoms with Crippen LogP contribution in [0.5, 0.6) is 0 Å². The van der Waals surface area contributed by atoms with Crippen LogP contribution in [0, 0.1) is 17.3 Å². The second-order valence-electron chi connectivity index (χ2n) is 6.86. The molecule has 3 aliphatic carbocycles. The summed E-state index contributed by atoms with van der Waals surface area (Å²) < 4.78 is 0. The lowest BCUT2D eigenvalue weighted by atomic mass is 9.55. The highest BCUT2D eigenvalue weighted by atomic mass is 14.5. The third kappa shape index (κ3) is 2.29. The van der Waals surface area contributed by atoms with Crippen molar-refractivity contribution in [2.24, 2.45) is 11.3 Å². The summed E-state index contributed by atoms with van der Waals surface area (Å²) in [5.41, 5.74) is 0.745. The zero-order valence-electron chi connectivity index (χ0n) is 11.5. The Hall–Kier alpha value is 0. The summed E-state index contributed by atoms with van der Waals surface area (Å²) in [4.78, 5) is 0. The van der Waals surface area contributed by atoms with Crippen LogP contribution >= 0.6 is 0 Å². The number of rotatable bonds is 2. The Labute approximate surface area is 108 Å². The molecular formula is C17H29. The molecule has 0 unspecified atom stereocenters. The maximum Gasteiger partial charge on any atom is -0.0176 e. The van der Waals surface area contributed by atoms with Crippen molar-refractivity contribution in [2.75, 3.05) is 0 Å². The van der Waals surface area contributed by atoms with Crippen molar-refractivity contribution in [1.82, 2.24) is 0 Å². The van der Waals surface area contributed by atoms with E-state index in [0.717, 1.165) is 11.3 Å². The maximum absolute atomic E-state index is 2.04. The molecule has 0 heteroatoms. The van der Waals surface area contributed by atoms with Crippen LogP contribution in [0.1, 0.15) is 89.9 Å². The molecule has 0 aromatic rings. The van der Waals surface area contributed by atoms with Gasteiger partial charge >= 0.3 is 0 Å². The van der Waals surface area contributed by atoms with Gasteiger partial charge in [0.15, 0.2) is 0 Å². The molecule has 0 bridgehead atoms. The van der Waals surface area contributed by atoms with E-state index < -0.39 is 0 Å². The summed E-state index contributed by atoms with van der Waals surface area (Å²) >= 11 is 0. The first-order valence-electron chi connectivity index (χ1n) is 8.27. The van der Waals surface area contributed by atoms with E-state index in [0.29, 0.717) is 0 Å². The zero-order valence-corrected chi connectivity index (χ0v) is 11.5. The molecular weight excluding hydrogens is 204 g/mol. The monoisotopic (exact) mass is 233 g/mol. The predicted molar refractivity (Wildman–Crippen MR) is 73.8 cm³/mol. The largest absolute Gasteiger partial charge is 0.0533 e. The molecule has 1 radical (unpaired) electrons. The molecule has 0 nitrogen and oxygen atoms in total. The standard InChI is InChI=1S/C17H29/c1-3-9-15(10-4-1)17(13-7-2-8-14-17)16-11-5-6-12-16/h16H,1-14H2. The summed E-state index contributed by atoms with van der Waals surface area (Å²) in [5.74, 6) is 3.13. The molecule has 0 saturated heterocycles. The lowest BCUT2D eigenvalue weighted by molar-refractivity contribution is 0.0956. The molecule has 0 N–H and O–H groups in total. The topological polar surface area (TPSA) is 0 Å². The van der Waals surface area contributed by atoms with Gasteiger partial charge in [0, 0.05) is 0 Å². The molecule has 0 atom stereocenters. The second kappa shape index (κ2) is 5.33. The minimum absolute atomic E-state index is 0.745. The van der Waals surface area contributed by atoms with Crippen LogP contribution in [-0.2, 0) is 0 Å². The van der Waals surface area contributed by atoms with E-state index in [-0.39, 0.29) is 0 Å². The van der Waals surface area contributed by atoms with E-state index in [4.69, 9.17) is 0 Å². The molecule has 97 valence electrons. The molecule has 0 aromatic carbocycles. The van der Waals surface area contributed by atoms with E-state index in [1.54, 1.807) is 25.7 Å². The van der Waals surface area contributed by atoms with Crippen LogP contribution in [0.4, 0.5) is 0 Å². The summed E-state index contributed by atoms with van der Waals surface area (Å²) in [6.07, 6.45) is 21.4. The van der Waals surface area contributed by atoms with Crippen LogP contribution < -0.4 is 0 Å². The van der Waals surface area contributed by atoms with Gasteiger partial charge in [-0.3, -0.25) is 0 Å². The van der Waals surface area contributed by atoms with Gasteiger partial charge in [-0.05, 0) is 55.8 Å². The molecule has 0 heterocycles. The van der Waals surface area contributed by atoms with Crippen molar-refractivity contribution in [3.05, 3.63) is 5.92 Å². The van der Waals surface area contributed by atoms with Crippen molar-refractivity contribution >= 4 is 0 Å². The average Bonchev–Trinajstić information content (AvgIpc) is 2.95. The van der Waals surface area contributed by atoms with Gasteiger partial charge in [0.2, 0.25) is 0 Å². The highest BCUT2D eigenvalue weighted by molar-refractivity contribution is 5.12. The number of hydrogen-bond acceptors (Lipinski definition) is 0. The Balaban J connectivity index is 1.78. The molecule has 17 heavy (non-hydrogen) atoms. The fraction of sp³-hybridized carbons (Fsp3) is 0.941. The predicted octanol–water partition coefficient (Wildman–Crippen LogP) is 5.67. The lowest BCUT2D eigenvalue weighted by Gasteiger charge is -2.49. The Morgan fingerprint density at radius 3 is 1.88 bits per heavy atom. The average molecular weight is 233 g/mol. The Bertz CT molecular complexity index is 224. The fourth-order valence-electron chi connectivity index (χ4n) is 5.19. The van der Waals surface area contributed by atoms with Gasteiger partial charge in [-0.2, -0.15) is 0 Å². The van der Waals surface area contributed by atoms with Gasteiger partial charge < -0.3 is 0 Å². The molecule has 0 aliphatic heterocycles. The molecule has 3 saturated carbocycles. The Morgan fingerprint density at radius 1 is 0.647 bits per heavy atom. The van der Waals surface area contributed by atoms with Gasteiger partial charge in [0.1, 0.15) is 0 Å². The van der Waals surface area contributed by atoms with Crippen molar-refractivity contribution in [3.63, 3.8) is 0 Å². The highest BCUT2D eigenvalue weighted by Gasteiger charge is 2.46. The summed E-state index contributed by atoms with van der Waals surface area (Å²) in [6.45, 7) is 0. The van der Waals surface area contributed by atoms with Crippen molar-refractivity contribution in [1.29, 1.82) is 0 Å². The van der Waals surface area contributed by atoms with Crippen molar-refractivity contribution in [3.8, 4) is 0 Å². The summed E-state index contributed by atoms with van der Waals surface area (Å²) in [5, 5.41) is 0. The van der Waals surface area contributed by atoms with Gasteiger partial charge in [0.05, 0.1) is 0 Å². The minimum Gasteiger partial charge on any atom is -0.0533 e. The van der Waals surface area contributed by atoms with Gasteiger partial charge in [-0.25, -0.2) is 0 Å². The second-order valence-corrected chi connectivity index (χ2v) is 6.86. The lowest BCUT2D eigenvalue weighted by Crippen LogP contribution is -2.38. The fourth-order valence-corrected chi connectivity index (χ4v) is 5.19.